The van der Waals surface area contributed by atoms with Gasteiger partial charge in [-0.25, -0.2) is 9.37 Å². The minimum atomic E-state index is -0.328. The van der Waals surface area contributed by atoms with E-state index in [1.807, 2.05) is 14.1 Å². The van der Waals surface area contributed by atoms with E-state index in [2.05, 4.69) is 10.3 Å². The van der Waals surface area contributed by atoms with Crippen molar-refractivity contribution in [1.29, 1.82) is 0 Å². The Labute approximate surface area is 111 Å². The Morgan fingerprint density at radius 2 is 2.00 bits per heavy atom. The van der Waals surface area contributed by atoms with Crippen LogP contribution < -0.4 is 14.8 Å². The minimum absolute atomic E-state index is 0.328. The lowest BCUT2D eigenvalue weighted by Crippen LogP contribution is -1.94. The number of benzene rings is 1. The highest BCUT2D eigenvalue weighted by atomic mass is 19.1. The maximum Gasteiger partial charge on any atom is 0.257 e. The lowest BCUT2D eigenvalue weighted by atomic mass is 10.2. The fraction of sp³-hybridized carbons (Fsp3) is 0.214. The first-order valence-corrected chi connectivity index (χ1v) is 5.87. The summed E-state index contributed by atoms with van der Waals surface area (Å²) >= 11 is 0. The SMILES string of the molecule is CNC.Fc1ccc2c(c1)Oc1cccnc1OC2. The summed E-state index contributed by atoms with van der Waals surface area (Å²) in [6.07, 6.45) is 1.62. The van der Waals surface area contributed by atoms with Crippen molar-refractivity contribution in [1.82, 2.24) is 10.3 Å². The highest BCUT2D eigenvalue weighted by Gasteiger charge is 2.16. The molecule has 0 amide bonds. The number of aromatic nitrogens is 1. The molecule has 2 aromatic rings. The summed E-state index contributed by atoms with van der Waals surface area (Å²) < 4.78 is 24.1. The van der Waals surface area contributed by atoms with E-state index in [1.165, 1.54) is 12.1 Å². The van der Waals surface area contributed by atoms with Gasteiger partial charge < -0.3 is 14.8 Å². The molecule has 0 radical (unpaired) electrons. The lowest BCUT2D eigenvalue weighted by molar-refractivity contribution is 0.294. The number of hydrogen-bond donors (Lipinski definition) is 1. The van der Waals surface area contributed by atoms with Crippen molar-refractivity contribution in [3.05, 3.63) is 47.9 Å². The van der Waals surface area contributed by atoms with Crippen molar-refractivity contribution >= 4 is 0 Å². The molecule has 5 heteroatoms. The Morgan fingerprint density at radius 1 is 1.21 bits per heavy atom. The summed E-state index contributed by atoms with van der Waals surface area (Å²) in [5, 5.41) is 2.75. The Hall–Kier alpha value is -2.14. The molecule has 0 fully saturated rings. The summed E-state index contributed by atoms with van der Waals surface area (Å²) in [4.78, 5) is 4.04. The molecule has 1 aliphatic rings. The molecular weight excluding hydrogens is 247 g/mol. The van der Waals surface area contributed by atoms with Crippen LogP contribution >= 0.6 is 0 Å². The van der Waals surface area contributed by atoms with E-state index in [-0.39, 0.29) is 5.82 Å². The van der Waals surface area contributed by atoms with Crippen LogP contribution in [0.2, 0.25) is 0 Å². The van der Waals surface area contributed by atoms with Crippen LogP contribution in [0.3, 0.4) is 0 Å². The Bertz CT molecular complexity index is 561. The standard InChI is InChI=1S/C12H8FNO2.C2H7N/c13-9-4-3-8-7-15-12-10(2-1-5-14-12)16-11(8)6-9;1-3-2/h1-6H,7H2;3H,1-2H3. The highest BCUT2D eigenvalue weighted by Crippen LogP contribution is 2.35. The number of nitrogens with one attached hydrogen (secondary N) is 1. The monoisotopic (exact) mass is 262 g/mol. The number of fused-ring (bicyclic) bond motifs is 2. The van der Waals surface area contributed by atoms with E-state index in [9.17, 15) is 4.39 Å². The van der Waals surface area contributed by atoms with Gasteiger partial charge in [0.15, 0.2) is 5.75 Å². The molecule has 0 saturated carbocycles. The molecule has 1 aromatic carbocycles. The average molecular weight is 262 g/mol. The van der Waals surface area contributed by atoms with Crippen molar-refractivity contribution in [2.45, 2.75) is 6.61 Å². The minimum Gasteiger partial charge on any atom is -0.470 e. The summed E-state index contributed by atoms with van der Waals surface area (Å²) in [5.74, 6) is 1.09. The van der Waals surface area contributed by atoms with Gasteiger partial charge >= 0.3 is 0 Å². The highest BCUT2D eigenvalue weighted by molar-refractivity contribution is 5.43. The van der Waals surface area contributed by atoms with Crippen LogP contribution in [-0.2, 0) is 6.61 Å². The largest absolute Gasteiger partial charge is 0.470 e. The van der Waals surface area contributed by atoms with Gasteiger partial charge in [-0.1, -0.05) is 0 Å². The number of rotatable bonds is 0. The third-order valence-electron chi connectivity index (χ3n) is 2.35. The van der Waals surface area contributed by atoms with Crippen LogP contribution in [-0.4, -0.2) is 19.1 Å². The topological polar surface area (TPSA) is 43.4 Å². The van der Waals surface area contributed by atoms with Gasteiger partial charge in [0.25, 0.3) is 5.88 Å². The van der Waals surface area contributed by atoms with Gasteiger partial charge in [0, 0.05) is 17.8 Å². The van der Waals surface area contributed by atoms with Crippen LogP contribution in [0.25, 0.3) is 0 Å². The van der Waals surface area contributed by atoms with Gasteiger partial charge in [0.1, 0.15) is 18.2 Å². The van der Waals surface area contributed by atoms with E-state index in [4.69, 9.17) is 9.47 Å². The second-order valence-corrected chi connectivity index (χ2v) is 3.95. The van der Waals surface area contributed by atoms with Gasteiger partial charge in [-0.3, -0.25) is 0 Å². The van der Waals surface area contributed by atoms with Crippen molar-refractivity contribution < 1.29 is 13.9 Å². The van der Waals surface area contributed by atoms with E-state index < -0.39 is 0 Å². The predicted octanol–water partition coefficient (Wildman–Crippen LogP) is 2.74. The van der Waals surface area contributed by atoms with Crippen molar-refractivity contribution in [2.24, 2.45) is 0 Å². The maximum absolute atomic E-state index is 13.1. The van der Waals surface area contributed by atoms with Gasteiger partial charge in [-0.05, 0) is 38.4 Å². The van der Waals surface area contributed by atoms with Gasteiger partial charge in [0.2, 0.25) is 0 Å². The molecule has 3 rings (SSSR count). The quantitative estimate of drug-likeness (QED) is 0.792. The normalized spacial score (nSPS) is 11.7. The number of halogens is 1. The molecule has 0 saturated heterocycles. The fourth-order valence-electron chi connectivity index (χ4n) is 1.57. The molecule has 0 unspecified atom stereocenters. The van der Waals surface area contributed by atoms with E-state index in [0.29, 0.717) is 24.0 Å². The first kappa shape index (κ1) is 13.3. The Kier molecular flexibility index (Phi) is 4.30. The molecule has 19 heavy (non-hydrogen) atoms. The summed E-state index contributed by atoms with van der Waals surface area (Å²) in [6, 6.07) is 7.86. The maximum atomic E-state index is 13.1. The van der Waals surface area contributed by atoms with Gasteiger partial charge in [-0.2, -0.15) is 0 Å². The molecule has 0 spiro atoms. The fourth-order valence-corrected chi connectivity index (χ4v) is 1.57. The number of nitrogens with zero attached hydrogens (tertiary/aromatic N) is 1. The Morgan fingerprint density at radius 3 is 2.79 bits per heavy atom. The first-order valence-electron chi connectivity index (χ1n) is 5.87. The molecular formula is C14H15FN2O2. The molecule has 0 bridgehead atoms. The van der Waals surface area contributed by atoms with Crippen molar-refractivity contribution in [3.8, 4) is 17.4 Å². The zero-order valence-corrected chi connectivity index (χ0v) is 10.8. The molecule has 1 aromatic heterocycles. The molecule has 4 nitrogen and oxygen atoms in total. The summed E-state index contributed by atoms with van der Waals surface area (Å²) in [7, 11) is 3.75. The van der Waals surface area contributed by atoms with E-state index in [1.54, 1.807) is 24.4 Å². The zero-order valence-electron chi connectivity index (χ0n) is 10.8. The molecule has 0 aliphatic carbocycles. The number of pyridine rings is 1. The first-order chi connectivity index (χ1) is 9.24. The van der Waals surface area contributed by atoms with E-state index in [0.717, 1.165) is 5.56 Å². The Balaban J connectivity index is 0.000000408. The van der Waals surface area contributed by atoms with Crippen LogP contribution in [0, 0.1) is 5.82 Å². The molecule has 1 N–H and O–H groups in total. The smallest absolute Gasteiger partial charge is 0.257 e. The third-order valence-corrected chi connectivity index (χ3v) is 2.35. The lowest BCUT2D eigenvalue weighted by Gasteiger charge is -2.05. The third kappa shape index (κ3) is 3.20. The summed E-state index contributed by atoms with van der Waals surface area (Å²) in [6.45, 7) is 0.333. The molecule has 1 aliphatic heterocycles. The second-order valence-electron chi connectivity index (χ2n) is 3.95. The van der Waals surface area contributed by atoms with Crippen molar-refractivity contribution in [2.75, 3.05) is 14.1 Å². The van der Waals surface area contributed by atoms with E-state index >= 15 is 0 Å². The van der Waals surface area contributed by atoms with Crippen LogP contribution in [0.15, 0.2) is 36.5 Å². The number of hydrogen-bond acceptors (Lipinski definition) is 4. The van der Waals surface area contributed by atoms with Crippen LogP contribution in [0.5, 0.6) is 17.4 Å². The van der Waals surface area contributed by atoms with Crippen LogP contribution in [0.4, 0.5) is 4.39 Å². The molecule has 2 heterocycles. The average Bonchev–Trinajstić information content (AvgIpc) is 2.58. The molecule has 100 valence electrons. The summed E-state index contributed by atoms with van der Waals surface area (Å²) in [5.41, 5.74) is 0.805. The predicted molar refractivity (Wildman–Crippen MR) is 70.0 cm³/mol. The number of ether oxygens (including phenoxy) is 2. The van der Waals surface area contributed by atoms with Crippen LogP contribution in [0.1, 0.15) is 5.56 Å². The zero-order chi connectivity index (χ0) is 13.7. The van der Waals surface area contributed by atoms with Crippen molar-refractivity contribution in [3.63, 3.8) is 0 Å². The van der Waals surface area contributed by atoms with Gasteiger partial charge in [-0.15, -0.1) is 0 Å². The van der Waals surface area contributed by atoms with Gasteiger partial charge in [0.05, 0.1) is 0 Å². The second kappa shape index (κ2) is 6.15. The molecule has 0 atom stereocenters.